The van der Waals surface area contributed by atoms with Gasteiger partial charge in [-0.3, -0.25) is 0 Å². The van der Waals surface area contributed by atoms with Crippen molar-refractivity contribution >= 4 is 12.6 Å². The third kappa shape index (κ3) is 2.57. The van der Waals surface area contributed by atoms with Crippen molar-refractivity contribution in [3.8, 4) is 0 Å². The summed E-state index contributed by atoms with van der Waals surface area (Å²) in [5.74, 6) is 0. The first-order chi connectivity index (χ1) is 2.89. The lowest BCUT2D eigenvalue weighted by Gasteiger charge is -1.89. The van der Waals surface area contributed by atoms with Gasteiger partial charge in [-0.2, -0.15) is 12.6 Å². The summed E-state index contributed by atoms with van der Waals surface area (Å²) in [6.45, 7) is 2.26. The van der Waals surface area contributed by atoms with Crippen LogP contribution in [0, 0.1) is 0 Å². The van der Waals surface area contributed by atoms with Gasteiger partial charge in [0.15, 0.2) is 0 Å². The molecule has 0 amide bonds. The van der Waals surface area contributed by atoms with Crippen LogP contribution in [0.3, 0.4) is 0 Å². The molecule has 1 aliphatic heterocycles. The average molecular weight is 183 g/mol. The fourth-order valence-electron chi connectivity index (χ4n) is 0.639. The van der Waals surface area contributed by atoms with Crippen LogP contribution in [0.1, 0.15) is 6.42 Å². The zero-order valence-electron chi connectivity index (χ0n) is 4.02. The molecule has 1 fully saturated rings. The molecule has 0 aromatic heterocycles. The standard InChI is InChI=1S/C4H9NS.BrH/c6-4-1-2-5-3-4;/h4-6H,1-3H2;1H/p-1. The van der Waals surface area contributed by atoms with E-state index >= 15 is 0 Å². The number of rotatable bonds is 0. The summed E-state index contributed by atoms with van der Waals surface area (Å²) in [5.41, 5.74) is 0. The normalized spacial score (nSPS) is 29.6. The minimum atomic E-state index is 0. The lowest BCUT2D eigenvalue weighted by Crippen LogP contribution is -3.00. The SMILES string of the molecule is SC1CCNC1.[Br-]. The maximum atomic E-state index is 4.23. The lowest BCUT2D eigenvalue weighted by atomic mass is 10.4. The Hall–Kier alpha value is 0.790. The fraction of sp³-hybridized carbons (Fsp3) is 1.00. The molecule has 0 spiro atoms. The molecule has 1 N–H and O–H groups in total. The highest BCUT2D eigenvalue weighted by atomic mass is 79.9. The molecule has 0 bridgehead atoms. The molecule has 1 heterocycles. The zero-order chi connectivity index (χ0) is 4.41. The van der Waals surface area contributed by atoms with Crippen molar-refractivity contribution in [3.05, 3.63) is 0 Å². The minimum Gasteiger partial charge on any atom is -1.00 e. The van der Waals surface area contributed by atoms with Gasteiger partial charge in [-0.15, -0.1) is 0 Å². The van der Waals surface area contributed by atoms with Gasteiger partial charge in [-0.05, 0) is 13.0 Å². The molecule has 1 atom stereocenters. The van der Waals surface area contributed by atoms with E-state index in [-0.39, 0.29) is 17.0 Å². The molecule has 0 radical (unpaired) electrons. The predicted octanol–water partition coefficient (Wildman–Crippen LogP) is -2.72. The van der Waals surface area contributed by atoms with Crippen molar-refractivity contribution in [2.45, 2.75) is 11.7 Å². The van der Waals surface area contributed by atoms with Crippen LogP contribution in [0.4, 0.5) is 0 Å². The van der Waals surface area contributed by atoms with E-state index in [1.165, 1.54) is 6.42 Å². The van der Waals surface area contributed by atoms with Crippen molar-refractivity contribution in [2.75, 3.05) is 13.1 Å². The molecule has 1 rings (SSSR count). The van der Waals surface area contributed by atoms with Crippen LogP contribution in [0.25, 0.3) is 0 Å². The summed E-state index contributed by atoms with van der Waals surface area (Å²) in [7, 11) is 0. The van der Waals surface area contributed by atoms with Gasteiger partial charge in [-0.1, -0.05) is 0 Å². The van der Waals surface area contributed by atoms with Gasteiger partial charge in [0.2, 0.25) is 0 Å². The van der Waals surface area contributed by atoms with E-state index in [9.17, 15) is 0 Å². The van der Waals surface area contributed by atoms with Gasteiger partial charge < -0.3 is 22.3 Å². The Morgan fingerprint density at radius 3 is 2.43 bits per heavy atom. The number of hydrogen-bond acceptors (Lipinski definition) is 2. The van der Waals surface area contributed by atoms with E-state index < -0.39 is 0 Å². The van der Waals surface area contributed by atoms with Crippen LogP contribution >= 0.6 is 12.6 Å². The van der Waals surface area contributed by atoms with Crippen molar-refractivity contribution in [1.29, 1.82) is 0 Å². The molecule has 1 aliphatic rings. The zero-order valence-corrected chi connectivity index (χ0v) is 6.50. The molecule has 1 unspecified atom stereocenters. The number of hydrogen-bond donors (Lipinski definition) is 2. The van der Waals surface area contributed by atoms with Gasteiger partial charge in [0.05, 0.1) is 0 Å². The predicted molar refractivity (Wildman–Crippen MR) is 30.3 cm³/mol. The topological polar surface area (TPSA) is 12.0 Å². The van der Waals surface area contributed by atoms with Gasteiger partial charge >= 0.3 is 0 Å². The van der Waals surface area contributed by atoms with Gasteiger partial charge in [0, 0.05) is 11.8 Å². The second-order valence-corrected chi connectivity index (χ2v) is 2.38. The maximum Gasteiger partial charge on any atom is 0.0154 e. The third-order valence-corrected chi connectivity index (χ3v) is 1.48. The van der Waals surface area contributed by atoms with E-state index in [0.717, 1.165) is 13.1 Å². The second kappa shape index (κ2) is 3.75. The fourth-order valence-corrected chi connectivity index (χ4v) is 0.898. The highest BCUT2D eigenvalue weighted by Crippen LogP contribution is 2.02. The smallest absolute Gasteiger partial charge is 0.0154 e. The number of thiol groups is 1. The molecular formula is C4H9BrNS-. The summed E-state index contributed by atoms with van der Waals surface area (Å²) >= 11 is 4.23. The van der Waals surface area contributed by atoms with E-state index in [0.29, 0.717) is 5.25 Å². The molecule has 0 aromatic carbocycles. The first-order valence-corrected chi connectivity index (χ1v) is 2.80. The van der Waals surface area contributed by atoms with Crippen LogP contribution < -0.4 is 22.3 Å². The van der Waals surface area contributed by atoms with E-state index in [1.807, 2.05) is 0 Å². The Bertz CT molecular complexity index is 45.0. The summed E-state index contributed by atoms with van der Waals surface area (Å²) in [4.78, 5) is 0. The Morgan fingerprint density at radius 2 is 2.29 bits per heavy atom. The van der Waals surface area contributed by atoms with Gasteiger partial charge in [0.1, 0.15) is 0 Å². The maximum absolute atomic E-state index is 4.23. The Labute approximate surface area is 60.0 Å². The molecule has 0 saturated carbocycles. The van der Waals surface area contributed by atoms with Gasteiger partial charge in [0.25, 0.3) is 0 Å². The Morgan fingerprint density at radius 1 is 1.57 bits per heavy atom. The highest BCUT2D eigenvalue weighted by molar-refractivity contribution is 7.81. The van der Waals surface area contributed by atoms with Crippen LogP contribution in [0.5, 0.6) is 0 Å². The third-order valence-electron chi connectivity index (χ3n) is 1.03. The van der Waals surface area contributed by atoms with Crippen LogP contribution in [0.15, 0.2) is 0 Å². The van der Waals surface area contributed by atoms with Crippen molar-refractivity contribution < 1.29 is 17.0 Å². The largest absolute Gasteiger partial charge is 1.00 e. The van der Waals surface area contributed by atoms with Crippen LogP contribution in [-0.2, 0) is 0 Å². The molecular weight excluding hydrogens is 174 g/mol. The molecule has 1 saturated heterocycles. The molecule has 3 heteroatoms. The van der Waals surface area contributed by atoms with E-state index in [2.05, 4.69) is 17.9 Å². The Kier molecular flexibility index (Phi) is 4.17. The van der Waals surface area contributed by atoms with Crippen molar-refractivity contribution in [2.24, 2.45) is 0 Å². The molecule has 0 aromatic rings. The molecule has 1 nitrogen and oxygen atoms in total. The molecule has 44 valence electrons. The summed E-state index contributed by atoms with van der Waals surface area (Å²) in [6.07, 6.45) is 1.24. The first kappa shape index (κ1) is 7.79. The second-order valence-electron chi connectivity index (χ2n) is 1.65. The Balaban J connectivity index is 0.000000360. The van der Waals surface area contributed by atoms with E-state index in [4.69, 9.17) is 0 Å². The van der Waals surface area contributed by atoms with E-state index in [1.54, 1.807) is 0 Å². The average Bonchev–Trinajstić information content (AvgIpc) is 1.86. The summed E-state index contributed by atoms with van der Waals surface area (Å²) in [6, 6.07) is 0. The summed E-state index contributed by atoms with van der Waals surface area (Å²) < 4.78 is 0. The highest BCUT2D eigenvalue weighted by Gasteiger charge is 2.07. The van der Waals surface area contributed by atoms with Crippen molar-refractivity contribution in [3.63, 3.8) is 0 Å². The first-order valence-electron chi connectivity index (χ1n) is 2.28. The number of halogens is 1. The minimum absolute atomic E-state index is 0. The lowest BCUT2D eigenvalue weighted by molar-refractivity contribution is -0.00000119. The van der Waals surface area contributed by atoms with Crippen LogP contribution in [0.2, 0.25) is 0 Å². The number of nitrogens with one attached hydrogen (secondary N) is 1. The quantitative estimate of drug-likeness (QED) is 0.389. The van der Waals surface area contributed by atoms with Gasteiger partial charge in [-0.25, -0.2) is 0 Å². The molecule has 7 heavy (non-hydrogen) atoms. The molecule has 0 aliphatic carbocycles. The summed E-state index contributed by atoms with van der Waals surface area (Å²) in [5, 5.41) is 3.83. The van der Waals surface area contributed by atoms with Crippen molar-refractivity contribution in [1.82, 2.24) is 5.32 Å². The van der Waals surface area contributed by atoms with Crippen LogP contribution in [-0.4, -0.2) is 18.3 Å². The monoisotopic (exact) mass is 182 g/mol.